The van der Waals surface area contributed by atoms with Gasteiger partial charge in [-0.15, -0.1) is 0 Å². The maximum Gasteiger partial charge on any atom is 0.271 e. The standard InChI is InChI=1S/C25H29N3O4/c1-15-8-9-18(28(31)32)13-21(15)27-23(30)17(14-26)10-16-11-19(24(2,3)4)22(29)20(12-16)25(5,6)7/h8-13,29H,1-7H3,(H,27,30)/b17-10+. The molecule has 1 amide bonds. The highest BCUT2D eigenvalue weighted by Crippen LogP contribution is 2.40. The van der Waals surface area contributed by atoms with Crippen molar-refractivity contribution < 1.29 is 14.8 Å². The highest BCUT2D eigenvalue weighted by Gasteiger charge is 2.26. The van der Waals surface area contributed by atoms with Crippen LogP contribution in [0, 0.1) is 28.4 Å². The fourth-order valence-corrected chi connectivity index (χ4v) is 3.25. The van der Waals surface area contributed by atoms with Crippen molar-refractivity contribution in [3.63, 3.8) is 0 Å². The van der Waals surface area contributed by atoms with Gasteiger partial charge in [0.15, 0.2) is 0 Å². The molecule has 0 aliphatic rings. The number of amides is 1. The van der Waals surface area contributed by atoms with Gasteiger partial charge in [0, 0.05) is 23.3 Å². The van der Waals surface area contributed by atoms with Gasteiger partial charge in [0.25, 0.3) is 11.6 Å². The summed E-state index contributed by atoms with van der Waals surface area (Å²) in [6.07, 6.45) is 1.46. The molecule has 0 aliphatic carbocycles. The summed E-state index contributed by atoms with van der Waals surface area (Å²) in [6.45, 7) is 13.6. The Morgan fingerprint density at radius 2 is 1.62 bits per heavy atom. The van der Waals surface area contributed by atoms with E-state index in [2.05, 4.69) is 5.32 Å². The number of carbonyl (C=O) groups excluding carboxylic acids is 1. The Balaban J connectivity index is 2.54. The molecule has 0 radical (unpaired) electrons. The Morgan fingerprint density at radius 1 is 1.09 bits per heavy atom. The fraction of sp³-hybridized carbons (Fsp3) is 0.360. The molecule has 0 aromatic heterocycles. The number of nitriles is 1. The smallest absolute Gasteiger partial charge is 0.271 e. The number of non-ortho nitro benzene ring substituents is 1. The number of aryl methyl sites for hydroxylation is 1. The molecule has 0 atom stereocenters. The second-order valence-electron chi connectivity index (χ2n) is 9.84. The Morgan fingerprint density at radius 3 is 2.06 bits per heavy atom. The summed E-state index contributed by atoms with van der Waals surface area (Å²) in [4.78, 5) is 23.3. The van der Waals surface area contributed by atoms with Crippen LogP contribution >= 0.6 is 0 Å². The van der Waals surface area contributed by atoms with E-state index in [1.165, 1.54) is 24.3 Å². The summed E-state index contributed by atoms with van der Waals surface area (Å²) in [6, 6.07) is 9.60. The Labute approximate surface area is 188 Å². The normalized spacial score (nSPS) is 12.2. The molecule has 0 heterocycles. The SMILES string of the molecule is Cc1ccc([N+](=O)[O-])cc1NC(=O)/C(C#N)=C/c1cc(C(C)(C)C)c(O)c(C(C)(C)C)c1. The number of anilines is 1. The minimum atomic E-state index is -0.668. The monoisotopic (exact) mass is 435 g/mol. The van der Waals surface area contributed by atoms with Crippen LogP contribution in [0.4, 0.5) is 11.4 Å². The van der Waals surface area contributed by atoms with E-state index in [1.807, 2.05) is 47.6 Å². The van der Waals surface area contributed by atoms with Gasteiger partial charge < -0.3 is 10.4 Å². The topological polar surface area (TPSA) is 116 Å². The summed E-state index contributed by atoms with van der Waals surface area (Å²) >= 11 is 0. The lowest BCUT2D eigenvalue weighted by Gasteiger charge is -2.28. The van der Waals surface area contributed by atoms with Gasteiger partial charge in [-0.1, -0.05) is 47.6 Å². The maximum absolute atomic E-state index is 12.8. The van der Waals surface area contributed by atoms with Crippen molar-refractivity contribution in [3.8, 4) is 11.8 Å². The van der Waals surface area contributed by atoms with E-state index in [0.717, 1.165) is 0 Å². The molecule has 2 N–H and O–H groups in total. The van der Waals surface area contributed by atoms with Crippen LogP contribution in [0.5, 0.6) is 5.75 Å². The summed E-state index contributed by atoms with van der Waals surface area (Å²) in [5.74, 6) is -0.462. The highest BCUT2D eigenvalue weighted by molar-refractivity contribution is 6.10. The van der Waals surface area contributed by atoms with Crippen LogP contribution in [0.2, 0.25) is 0 Å². The molecule has 0 saturated heterocycles. The number of carbonyl (C=O) groups is 1. The van der Waals surface area contributed by atoms with Crippen LogP contribution < -0.4 is 5.32 Å². The van der Waals surface area contributed by atoms with Gasteiger partial charge in [-0.2, -0.15) is 5.26 Å². The molecule has 0 unspecified atom stereocenters. The second-order valence-corrected chi connectivity index (χ2v) is 9.84. The van der Waals surface area contributed by atoms with E-state index < -0.39 is 10.8 Å². The molecular weight excluding hydrogens is 406 g/mol. The lowest BCUT2D eigenvalue weighted by molar-refractivity contribution is -0.384. The molecule has 7 nitrogen and oxygen atoms in total. The first-order chi connectivity index (χ1) is 14.6. The maximum atomic E-state index is 12.8. The molecule has 0 saturated carbocycles. The van der Waals surface area contributed by atoms with E-state index in [0.29, 0.717) is 22.3 Å². The largest absolute Gasteiger partial charge is 0.507 e. The predicted molar refractivity (Wildman–Crippen MR) is 126 cm³/mol. The van der Waals surface area contributed by atoms with E-state index in [9.17, 15) is 25.3 Å². The lowest BCUT2D eigenvalue weighted by Crippen LogP contribution is -2.18. The summed E-state index contributed by atoms with van der Waals surface area (Å²) < 4.78 is 0. The van der Waals surface area contributed by atoms with Crippen LogP contribution in [0.15, 0.2) is 35.9 Å². The zero-order chi connectivity index (χ0) is 24.4. The molecular formula is C25H29N3O4. The van der Waals surface area contributed by atoms with Crippen molar-refractivity contribution in [3.05, 3.63) is 68.3 Å². The number of nitrogens with zero attached hydrogens (tertiary/aromatic N) is 2. The van der Waals surface area contributed by atoms with E-state index in [1.54, 1.807) is 19.1 Å². The third-order valence-electron chi connectivity index (χ3n) is 5.10. The first-order valence-electron chi connectivity index (χ1n) is 10.2. The predicted octanol–water partition coefficient (Wildman–Crippen LogP) is 5.75. The molecule has 2 aromatic carbocycles. The quantitative estimate of drug-likeness (QED) is 0.274. The van der Waals surface area contributed by atoms with Gasteiger partial charge in [-0.3, -0.25) is 14.9 Å². The molecule has 168 valence electrons. The van der Waals surface area contributed by atoms with Crippen LogP contribution in [0.3, 0.4) is 0 Å². The number of aromatic hydroxyl groups is 1. The third-order valence-corrected chi connectivity index (χ3v) is 5.10. The van der Waals surface area contributed by atoms with Crippen LogP contribution in [-0.4, -0.2) is 15.9 Å². The number of nitro groups is 1. The molecule has 0 bridgehead atoms. The van der Waals surface area contributed by atoms with E-state index >= 15 is 0 Å². The van der Waals surface area contributed by atoms with Gasteiger partial charge in [0.1, 0.15) is 17.4 Å². The first-order valence-corrected chi connectivity index (χ1v) is 10.2. The van der Waals surface area contributed by atoms with Crippen molar-refractivity contribution in [2.75, 3.05) is 5.32 Å². The van der Waals surface area contributed by atoms with Crippen molar-refractivity contribution in [2.45, 2.75) is 59.3 Å². The molecule has 0 spiro atoms. The number of phenols is 1. The summed E-state index contributed by atoms with van der Waals surface area (Å²) in [5, 5.41) is 34.1. The Bertz CT molecular complexity index is 1110. The number of hydrogen-bond acceptors (Lipinski definition) is 5. The average Bonchev–Trinajstić information content (AvgIpc) is 2.66. The van der Waals surface area contributed by atoms with E-state index in [4.69, 9.17) is 0 Å². The molecule has 0 fully saturated rings. The molecule has 0 aliphatic heterocycles. The van der Waals surface area contributed by atoms with Crippen LogP contribution in [0.1, 0.15) is 63.8 Å². The van der Waals surface area contributed by atoms with Crippen molar-refractivity contribution in [2.24, 2.45) is 0 Å². The molecule has 2 rings (SSSR count). The van der Waals surface area contributed by atoms with Gasteiger partial charge in [-0.05, 0) is 47.1 Å². The van der Waals surface area contributed by atoms with Crippen molar-refractivity contribution in [1.82, 2.24) is 0 Å². The first kappa shape index (κ1) is 24.6. The molecule has 32 heavy (non-hydrogen) atoms. The highest BCUT2D eigenvalue weighted by atomic mass is 16.6. The van der Waals surface area contributed by atoms with Crippen LogP contribution in [0.25, 0.3) is 6.08 Å². The average molecular weight is 436 g/mol. The number of hydrogen-bond donors (Lipinski definition) is 2. The second kappa shape index (κ2) is 8.83. The Kier molecular flexibility index (Phi) is 6.79. The van der Waals surface area contributed by atoms with Gasteiger partial charge in [0.05, 0.1) is 10.6 Å². The number of nitro benzene ring substituents is 1. The van der Waals surface area contributed by atoms with Gasteiger partial charge in [0.2, 0.25) is 0 Å². The number of rotatable bonds is 4. The van der Waals surface area contributed by atoms with Crippen molar-refractivity contribution >= 4 is 23.4 Å². The van der Waals surface area contributed by atoms with Crippen molar-refractivity contribution in [1.29, 1.82) is 5.26 Å². The zero-order valence-corrected chi connectivity index (χ0v) is 19.5. The summed E-state index contributed by atoms with van der Waals surface area (Å²) in [5.41, 5.74) is 1.91. The third kappa shape index (κ3) is 5.52. The van der Waals surface area contributed by atoms with Crippen LogP contribution in [-0.2, 0) is 15.6 Å². The minimum absolute atomic E-state index is 0.152. The molecule has 2 aromatic rings. The lowest BCUT2D eigenvalue weighted by atomic mass is 9.78. The zero-order valence-electron chi connectivity index (χ0n) is 19.5. The fourth-order valence-electron chi connectivity index (χ4n) is 3.25. The molecule has 7 heteroatoms. The summed E-state index contributed by atoms with van der Waals surface area (Å²) in [7, 11) is 0. The Hall–Kier alpha value is -3.66. The number of nitrogens with one attached hydrogen (secondary N) is 1. The van der Waals surface area contributed by atoms with E-state index in [-0.39, 0.29) is 33.5 Å². The number of phenolic OH excluding ortho intramolecular Hbond substituents is 1. The minimum Gasteiger partial charge on any atom is -0.507 e. The van der Waals surface area contributed by atoms with Gasteiger partial charge in [-0.25, -0.2) is 0 Å². The van der Waals surface area contributed by atoms with Gasteiger partial charge >= 0.3 is 0 Å². The number of benzene rings is 2.